The van der Waals surface area contributed by atoms with Crippen LogP contribution in [0.4, 0.5) is 5.82 Å². The van der Waals surface area contributed by atoms with Crippen molar-refractivity contribution in [1.82, 2.24) is 9.78 Å². The van der Waals surface area contributed by atoms with Crippen molar-refractivity contribution in [1.29, 1.82) is 0 Å². The number of nitrogens with zero attached hydrogens (tertiary/aromatic N) is 2. The van der Waals surface area contributed by atoms with Gasteiger partial charge in [-0.2, -0.15) is 5.10 Å². The zero-order valence-electron chi connectivity index (χ0n) is 11.3. The molecule has 1 saturated carbocycles. The quantitative estimate of drug-likeness (QED) is 0.814. The second-order valence-corrected chi connectivity index (χ2v) is 5.12. The van der Waals surface area contributed by atoms with Crippen molar-refractivity contribution in [2.45, 2.75) is 46.1 Å². The average Bonchev–Trinajstić information content (AvgIpc) is 3.05. The van der Waals surface area contributed by atoms with Gasteiger partial charge in [-0.15, -0.1) is 0 Å². The summed E-state index contributed by atoms with van der Waals surface area (Å²) in [6.45, 7) is 6.15. The van der Waals surface area contributed by atoms with Crippen molar-refractivity contribution in [3.63, 3.8) is 0 Å². The van der Waals surface area contributed by atoms with E-state index >= 15 is 0 Å². The Balaban J connectivity index is 2.34. The molecule has 5 heteroatoms. The predicted octanol–water partition coefficient (Wildman–Crippen LogP) is 2.18. The van der Waals surface area contributed by atoms with Crippen LogP contribution >= 0.6 is 0 Å². The lowest BCUT2D eigenvalue weighted by Crippen LogP contribution is -2.10. The molecule has 1 aliphatic rings. The number of carbonyl (C=O) groups is 1. The Labute approximate surface area is 107 Å². The molecule has 0 aliphatic heterocycles. The summed E-state index contributed by atoms with van der Waals surface area (Å²) in [7, 11) is 0. The number of hydrogen-bond donors (Lipinski definition) is 1. The Morgan fingerprint density at radius 3 is 2.72 bits per heavy atom. The Kier molecular flexibility index (Phi) is 3.59. The third kappa shape index (κ3) is 2.49. The van der Waals surface area contributed by atoms with Crippen molar-refractivity contribution in [3.8, 4) is 0 Å². The first-order valence-corrected chi connectivity index (χ1v) is 6.58. The minimum Gasteiger partial charge on any atom is -0.461 e. The van der Waals surface area contributed by atoms with E-state index in [1.165, 1.54) is 12.8 Å². The number of anilines is 1. The molecule has 1 aliphatic carbocycles. The van der Waals surface area contributed by atoms with Crippen molar-refractivity contribution in [2.75, 3.05) is 12.3 Å². The first-order valence-electron chi connectivity index (χ1n) is 6.58. The average molecular weight is 251 g/mol. The molecule has 18 heavy (non-hydrogen) atoms. The summed E-state index contributed by atoms with van der Waals surface area (Å²) in [5, 5.41) is 4.33. The number of nitrogens with two attached hydrogens (primary N) is 1. The SMILES string of the molecule is CCOC(=O)c1nn(C(C)C)c(N)c1CC1CC1. The maximum atomic E-state index is 11.9. The van der Waals surface area contributed by atoms with Crippen LogP contribution in [0.3, 0.4) is 0 Å². The second-order valence-electron chi connectivity index (χ2n) is 5.12. The Morgan fingerprint density at radius 1 is 1.56 bits per heavy atom. The van der Waals surface area contributed by atoms with E-state index in [2.05, 4.69) is 5.10 Å². The first-order chi connectivity index (χ1) is 8.54. The van der Waals surface area contributed by atoms with E-state index in [0.29, 0.717) is 24.0 Å². The van der Waals surface area contributed by atoms with Crippen molar-refractivity contribution < 1.29 is 9.53 Å². The highest BCUT2D eigenvalue weighted by molar-refractivity contribution is 5.90. The molecule has 1 aromatic heterocycles. The Hall–Kier alpha value is -1.52. The van der Waals surface area contributed by atoms with Gasteiger partial charge in [-0.05, 0) is 46.0 Å². The summed E-state index contributed by atoms with van der Waals surface area (Å²) in [6, 6.07) is 0.145. The number of ether oxygens (including phenoxy) is 1. The molecule has 0 bridgehead atoms. The highest BCUT2D eigenvalue weighted by atomic mass is 16.5. The van der Waals surface area contributed by atoms with Crippen LogP contribution in [0.2, 0.25) is 0 Å². The molecule has 5 nitrogen and oxygen atoms in total. The van der Waals surface area contributed by atoms with Gasteiger partial charge in [0.1, 0.15) is 5.82 Å². The maximum Gasteiger partial charge on any atom is 0.359 e. The largest absolute Gasteiger partial charge is 0.461 e. The highest BCUT2D eigenvalue weighted by Gasteiger charge is 2.29. The van der Waals surface area contributed by atoms with Gasteiger partial charge >= 0.3 is 5.97 Å². The number of nitrogen functional groups attached to an aromatic ring is 1. The molecule has 0 aromatic carbocycles. The molecular formula is C13H21N3O2. The molecule has 0 spiro atoms. The van der Waals surface area contributed by atoms with E-state index in [-0.39, 0.29) is 12.0 Å². The lowest BCUT2D eigenvalue weighted by atomic mass is 10.1. The van der Waals surface area contributed by atoms with Crippen molar-refractivity contribution in [3.05, 3.63) is 11.3 Å². The lowest BCUT2D eigenvalue weighted by Gasteiger charge is -2.07. The molecule has 0 unspecified atom stereocenters. The van der Waals surface area contributed by atoms with Crippen LogP contribution in [0, 0.1) is 5.92 Å². The van der Waals surface area contributed by atoms with Gasteiger partial charge in [-0.3, -0.25) is 0 Å². The fourth-order valence-electron chi connectivity index (χ4n) is 2.05. The summed E-state index contributed by atoms with van der Waals surface area (Å²) < 4.78 is 6.76. The number of carbonyl (C=O) groups excluding carboxylic acids is 1. The standard InChI is InChI=1S/C13H21N3O2/c1-4-18-13(17)11-10(7-9-5-6-9)12(14)16(15-11)8(2)3/h8-9H,4-7,14H2,1-3H3. The molecule has 1 fully saturated rings. The molecule has 1 heterocycles. The number of esters is 1. The highest BCUT2D eigenvalue weighted by Crippen LogP contribution is 2.35. The number of rotatable bonds is 5. The van der Waals surface area contributed by atoms with Crippen LogP contribution in [-0.4, -0.2) is 22.4 Å². The van der Waals surface area contributed by atoms with Gasteiger partial charge < -0.3 is 10.5 Å². The van der Waals surface area contributed by atoms with E-state index in [0.717, 1.165) is 12.0 Å². The van der Waals surface area contributed by atoms with Gasteiger partial charge in [0, 0.05) is 11.6 Å². The van der Waals surface area contributed by atoms with Gasteiger partial charge in [-0.25, -0.2) is 9.48 Å². The van der Waals surface area contributed by atoms with E-state index in [9.17, 15) is 4.79 Å². The molecule has 0 amide bonds. The van der Waals surface area contributed by atoms with Crippen LogP contribution in [-0.2, 0) is 11.2 Å². The third-order valence-electron chi connectivity index (χ3n) is 3.20. The van der Waals surface area contributed by atoms with E-state index in [4.69, 9.17) is 10.5 Å². The Bertz CT molecular complexity index is 447. The zero-order valence-corrected chi connectivity index (χ0v) is 11.3. The van der Waals surface area contributed by atoms with Crippen LogP contribution in [0.15, 0.2) is 0 Å². The van der Waals surface area contributed by atoms with Gasteiger partial charge in [0.2, 0.25) is 0 Å². The predicted molar refractivity (Wildman–Crippen MR) is 69.4 cm³/mol. The summed E-state index contributed by atoms with van der Waals surface area (Å²) in [6.07, 6.45) is 3.27. The van der Waals surface area contributed by atoms with Crippen molar-refractivity contribution >= 4 is 11.8 Å². The van der Waals surface area contributed by atoms with Gasteiger partial charge in [0.15, 0.2) is 5.69 Å². The first kappa shape index (κ1) is 12.9. The molecule has 2 rings (SSSR count). The lowest BCUT2D eigenvalue weighted by molar-refractivity contribution is 0.0517. The summed E-state index contributed by atoms with van der Waals surface area (Å²) in [5.41, 5.74) is 7.37. The zero-order chi connectivity index (χ0) is 13.3. The number of aromatic nitrogens is 2. The van der Waals surface area contributed by atoms with E-state index in [1.807, 2.05) is 13.8 Å². The van der Waals surface area contributed by atoms with Gasteiger partial charge in [0.25, 0.3) is 0 Å². The van der Waals surface area contributed by atoms with E-state index in [1.54, 1.807) is 11.6 Å². The molecular weight excluding hydrogens is 230 g/mol. The minimum atomic E-state index is -0.362. The summed E-state index contributed by atoms with van der Waals surface area (Å²) in [4.78, 5) is 11.9. The monoisotopic (exact) mass is 251 g/mol. The molecule has 2 N–H and O–H groups in total. The smallest absolute Gasteiger partial charge is 0.359 e. The normalized spacial score (nSPS) is 15.1. The number of hydrogen-bond acceptors (Lipinski definition) is 4. The van der Waals surface area contributed by atoms with Crippen LogP contribution in [0.25, 0.3) is 0 Å². The molecule has 0 radical (unpaired) electrons. The molecule has 100 valence electrons. The van der Waals surface area contributed by atoms with Crippen LogP contribution < -0.4 is 5.73 Å². The van der Waals surface area contributed by atoms with Crippen LogP contribution in [0.1, 0.15) is 55.7 Å². The topological polar surface area (TPSA) is 70.1 Å². The van der Waals surface area contributed by atoms with E-state index < -0.39 is 0 Å². The second kappa shape index (κ2) is 5.00. The fourth-order valence-corrected chi connectivity index (χ4v) is 2.05. The molecule has 0 saturated heterocycles. The summed E-state index contributed by atoms with van der Waals surface area (Å²) >= 11 is 0. The van der Waals surface area contributed by atoms with Gasteiger partial charge in [0.05, 0.1) is 6.61 Å². The molecule has 1 aromatic rings. The minimum absolute atomic E-state index is 0.145. The summed E-state index contributed by atoms with van der Waals surface area (Å²) in [5.74, 6) is 0.907. The molecule has 0 atom stereocenters. The maximum absolute atomic E-state index is 11.9. The third-order valence-corrected chi connectivity index (χ3v) is 3.20. The van der Waals surface area contributed by atoms with Crippen molar-refractivity contribution in [2.24, 2.45) is 5.92 Å². The fraction of sp³-hybridized carbons (Fsp3) is 0.692. The van der Waals surface area contributed by atoms with Gasteiger partial charge in [-0.1, -0.05) is 0 Å². The van der Waals surface area contributed by atoms with Crippen LogP contribution in [0.5, 0.6) is 0 Å². The Morgan fingerprint density at radius 2 is 2.22 bits per heavy atom.